The fourth-order valence-electron chi connectivity index (χ4n) is 6.89. The average Bonchev–Trinajstić information content (AvgIpc) is 3.57. The second kappa shape index (κ2) is 9.80. The number of alkyl halides is 3. The minimum absolute atomic E-state index is 0.0403. The lowest BCUT2D eigenvalue weighted by atomic mass is 9.78. The highest BCUT2D eigenvalue weighted by Crippen LogP contribution is 2.57. The van der Waals surface area contributed by atoms with Gasteiger partial charge in [-0.15, -0.1) is 0 Å². The number of amides is 4. The van der Waals surface area contributed by atoms with E-state index in [0.717, 1.165) is 19.3 Å². The third-order valence-corrected chi connectivity index (χ3v) is 8.62. The molecule has 0 aromatic heterocycles. The number of likely N-dealkylation sites (tertiary alicyclic amines) is 1. The van der Waals surface area contributed by atoms with Crippen LogP contribution in [-0.2, 0) is 19.2 Å². The van der Waals surface area contributed by atoms with Gasteiger partial charge in [0, 0.05) is 19.0 Å². The van der Waals surface area contributed by atoms with Crippen LogP contribution in [0.5, 0.6) is 0 Å². The molecule has 0 spiro atoms. The maximum atomic E-state index is 13.8. The Morgan fingerprint density at radius 1 is 1.14 bits per heavy atom. The van der Waals surface area contributed by atoms with E-state index in [9.17, 15) is 37.6 Å². The minimum Gasteiger partial charge on any atom is -0.356 e. The van der Waals surface area contributed by atoms with Gasteiger partial charge in [0.15, 0.2) is 0 Å². The zero-order valence-corrected chi connectivity index (χ0v) is 21.2. The van der Waals surface area contributed by atoms with Crippen molar-refractivity contribution in [3.8, 4) is 6.07 Å². The Bertz CT molecular complexity index is 1000. The molecule has 4 rings (SSSR count). The Kier molecular flexibility index (Phi) is 7.20. The molecule has 3 N–H and O–H groups in total. The third kappa shape index (κ3) is 5.27. The van der Waals surface area contributed by atoms with Gasteiger partial charge in [0.25, 0.3) is 0 Å². The summed E-state index contributed by atoms with van der Waals surface area (Å²) in [5.41, 5.74) is -1.05. The van der Waals surface area contributed by atoms with Gasteiger partial charge < -0.3 is 20.9 Å². The van der Waals surface area contributed by atoms with Crippen LogP contribution in [0.3, 0.4) is 0 Å². The molecule has 2 heterocycles. The number of rotatable bonds is 6. The quantitative estimate of drug-likeness (QED) is 0.484. The van der Waals surface area contributed by atoms with Crippen LogP contribution >= 0.6 is 0 Å². The Labute approximate surface area is 213 Å². The largest absolute Gasteiger partial charge is 0.471 e. The normalized spacial score (nSPS) is 32.4. The van der Waals surface area contributed by atoms with E-state index in [1.807, 2.05) is 11.4 Å². The maximum Gasteiger partial charge on any atom is 0.471 e. The molecule has 9 nitrogen and oxygen atoms in total. The number of carbonyl (C=O) groups is 4. The van der Waals surface area contributed by atoms with Crippen molar-refractivity contribution in [1.29, 1.82) is 5.26 Å². The molecule has 4 fully saturated rings. The lowest BCUT2D eigenvalue weighted by molar-refractivity contribution is -0.176. The monoisotopic (exact) mass is 525 g/mol. The number of nitriles is 1. The van der Waals surface area contributed by atoms with E-state index < -0.39 is 53.4 Å². The number of fused-ring (bicyclic) bond motifs is 5. The zero-order valence-electron chi connectivity index (χ0n) is 21.2. The third-order valence-electron chi connectivity index (χ3n) is 8.62. The number of carbonyl (C=O) groups excluding carboxylic acids is 4. The van der Waals surface area contributed by atoms with Crippen molar-refractivity contribution in [2.24, 2.45) is 35.0 Å². The number of halogens is 3. The Hall–Kier alpha value is -2.84. The Morgan fingerprint density at radius 2 is 1.81 bits per heavy atom. The molecule has 2 aliphatic carbocycles. The standard InChI is InChI=1S/C25H34F3N5O4/c1-24(2,3)19(32-23(37)25(26,27)28)22(36)33-11-16-12-4-5-13(8-12)17(16)18(33)21(35)31-15(10-29)9-14-6-7-30-20(14)34/h12-19H,4-9,11H2,1-3H3,(H,30,34)(H,31,35)(H,32,37)/t12-,13+,14-,15-,16+,17-,18-,19+/m0/s1. The van der Waals surface area contributed by atoms with E-state index in [4.69, 9.17) is 0 Å². The summed E-state index contributed by atoms with van der Waals surface area (Å²) in [6.07, 6.45) is -1.63. The maximum absolute atomic E-state index is 13.8. The first-order valence-corrected chi connectivity index (χ1v) is 12.9. The van der Waals surface area contributed by atoms with Gasteiger partial charge in [-0.2, -0.15) is 18.4 Å². The van der Waals surface area contributed by atoms with Crippen LogP contribution in [0.2, 0.25) is 0 Å². The molecule has 2 saturated heterocycles. The number of hydrogen-bond acceptors (Lipinski definition) is 5. The smallest absolute Gasteiger partial charge is 0.356 e. The van der Waals surface area contributed by atoms with Gasteiger partial charge in [0.1, 0.15) is 18.1 Å². The molecule has 4 amide bonds. The Balaban J connectivity index is 1.58. The summed E-state index contributed by atoms with van der Waals surface area (Å²) in [6.45, 7) is 5.39. The first kappa shape index (κ1) is 27.2. The van der Waals surface area contributed by atoms with Crippen LogP contribution in [0, 0.1) is 46.3 Å². The predicted octanol–water partition coefficient (Wildman–Crippen LogP) is 1.49. The zero-order chi connectivity index (χ0) is 27.3. The highest BCUT2D eigenvalue weighted by molar-refractivity contribution is 5.94. The van der Waals surface area contributed by atoms with E-state index in [0.29, 0.717) is 18.9 Å². The first-order valence-electron chi connectivity index (χ1n) is 12.9. The summed E-state index contributed by atoms with van der Waals surface area (Å²) < 4.78 is 39.2. The Morgan fingerprint density at radius 3 is 2.38 bits per heavy atom. The summed E-state index contributed by atoms with van der Waals surface area (Å²) in [6, 6.07) is -1.36. The summed E-state index contributed by atoms with van der Waals surface area (Å²) in [4.78, 5) is 52.5. The minimum atomic E-state index is -5.16. The van der Waals surface area contributed by atoms with Crippen molar-refractivity contribution in [3.05, 3.63) is 0 Å². The average molecular weight is 526 g/mol. The van der Waals surface area contributed by atoms with Crippen LogP contribution in [0.15, 0.2) is 0 Å². The van der Waals surface area contributed by atoms with Crippen molar-refractivity contribution in [1.82, 2.24) is 20.9 Å². The van der Waals surface area contributed by atoms with Crippen LogP contribution in [0.4, 0.5) is 13.2 Å². The molecule has 2 aliphatic heterocycles. The SMILES string of the molecule is CC(C)(C)[C@H](NC(=O)C(F)(F)F)C(=O)N1C[C@@H]2[C@H]3CC[C@H](C3)[C@@H]2[C@H]1C(=O)N[C@H](C#N)C[C@@H]1CCNC1=O. The van der Waals surface area contributed by atoms with Crippen molar-refractivity contribution in [3.63, 3.8) is 0 Å². The van der Waals surface area contributed by atoms with Gasteiger partial charge in [0.2, 0.25) is 17.7 Å². The molecule has 0 radical (unpaired) electrons. The molecule has 0 aromatic carbocycles. The van der Waals surface area contributed by atoms with Gasteiger partial charge in [-0.25, -0.2) is 0 Å². The van der Waals surface area contributed by atoms with Crippen LogP contribution in [0.25, 0.3) is 0 Å². The fraction of sp³-hybridized carbons (Fsp3) is 0.800. The van der Waals surface area contributed by atoms with E-state index in [1.165, 1.54) is 4.90 Å². The summed E-state index contributed by atoms with van der Waals surface area (Å²) in [5, 5.41) is 16.9. The van der Waals surface area contributed by atoms with Gasteiger partial charge in [-0.05, 0) is 61.2 Å². The molecule has 2 saturated carbocycles. The molecule has 0 aromatic rings. The lowest BCUT2D eigenvalue weighted by Gasteiger charge is -2.37. The lowest BCUT2D eigenvalue weighted by Crippen LogP contribution is -2.60. The molecule has 204 valence electrons. The number of hydrogen-bond donors (Lipinski definition) is 3. The summed E-state index contributed by atoms with van der Waals surface area (Å²) in [7, 11) is 0. The number of nitrogens with zero attached hydrogens (tertiary/aromatic N) is 2. The second-order valence-corrected chi connectivity index (χ2v) is 12.0. The van der Waals surface area contributed by atoms with Crippen molar-refractivity contribution in [2.45, 2.75) is 77.2 Å². The van der Waals surface area contributed by atoms with E-state index >= 15 is 0 Å². The summed E-state index contributed by atoms with van der Waals surface area (Å²) >= 11 is 0. The molecular weight excluding hydrogens is 491 g/mol. The molecular formula is C25H34F3N5O4. The van der Waals surface area contributed by atoms with Crippen LogP contribution in [0.1, 0.15) is 52.9 Å². The topological polar surface area (TPSA) is 131 Å². The molecule has 12 heteroatoms. The summed E-state index contributed by atoms with van der Waals surface area (Å²) in [5.74, 6) is -3.62. The highest BCUT2D eigenvalue weighted by Gasteiger charge is 2.60. The molecule has 37 heavy (non-hydrogen) atoms. The van der Waals surface area contributed by atoms with Gasteiger partial charge in [0.05, 0.1) is 6.07 Å². The first-order chi connectivity index (χ1) is 17.2. The van der Waals surface area contributed by atoms with Crippen LogP contribution < -0.4 is 16.0 Å². The van der Waals surface area contributed by atoms with Crippen molar-refractivity contribution in [2.75, 3.05) is 13.1 Å². The second-order valence-electron chi connectivity index (χ2n) is 12.0. The van der Waals surface area contributed by atoms with E-state index in [-0.39, 0.29) is 36.6 Å². The van der Waals surface area contributed by atoms with Crippen LogP contribution in [-0.4, -0.2) is 65.9 Å². The van der Waals surface area contributed by atoms with E-state index in [1.54, 1.807) is 20.8 Å². The molecule has 8 atom stereocenters. The number of nitrogens with one attached hydrogen (secondary N) is 3. The molecule has 0 unspecified atom stereocenters. The molecule has 2 bridgehead atoms. The van der Waals surface area contributed by atoms with E-state index in [2.05, 4.69) is 10.6 Å². The van der Waals surface area contributed by atoms with Gasteiger partial charge >= 0.3 is 12.1 Å². The van der Waals surface area contributed by atoms with Crippen molar-refractivity contribution >= 4 is 23.6 Å². The van der Waals surface area contributed by atoms with Crippen molar-refractivity contribution < 1.29 is 32.3 Å². The fourth-order valence-corrected chi connectivity index (χ4v) is 6.89. The predicted molar refractivity (Wildman–Crippen MR) is 124 cm³/mol. The van der Waals surface area contributed by atoms with Gasteiger partial charge in [-0.1, -0.05) is 20.8 Å². The highest BCUT2D eigenvalue weighted by atomic mass is 19.4. The molecule has 4 aliphatic rings. The van der Waals surface area contributed by atoms with Gasteiger partial charge in [-0.3, -0.25) is 19.2 Å².